The van der Waals surface area contributed by atoms with E-state index < -0.39 is 0 Å². The van der Waals surface area contributed by atoms with Crippen molar-refractivity contribution in [3.63, 3.8) is 0 Å². The van der Waals surface area contributed by atoms with Crippen molar-refractivity contribution in [1.82, 2.24) is 0 Å². The Hall–Kier alpha value is -1.71. The summed E-state index contributed by atoms with van der Waals surface area (Å²) in [5.41, 5.74) is 8.71. The second-order valence-electron chi connectivity index (χ2n) is 4.57. The molecule has 0 heterocycles. The number of benzene rings is 2. The van der Waals surface area contributed by atoms with Crippen molar-refractivity contribution in [3.8, 4) is 11.5 Å². The number of hydrogen-bond acceptors (Lipinski definition) is 3. The molecule has 0 aliphatic heterocycles. The van der Waals surface area contributed by atoms with Gasteiger partial charge in [-0.25, -0.2) is 0 Å². The monoisotopic (exact) mass is 291 g/mol. The Labute approximate surface area is 124 Å². The van der Waals surface area contributed by atoms with Gasteiger partial charge in [0.1, 0.15) is 18.1 Å². The van der Waals surface area contributed by atoms with E-state index in [0.717, 1.165) is 22.4 Å². The van der Waals surface area contributed by atoms with Gasteiger partial charge in [0.15, 0.2) is 0 Å². The molecule has 0 fully saturated rings. The Morgan fingerprint density at radius 2 is 1.85 bits per heavy atom. The summed E-state index contributed by atoms with van der Waals surface area (Å²) in [6, 6.07) is 11.6. The summed E-state index contributed by atoms with van der Waals surface area (Å²) in [5, 5.41) is 0.569. The zero-order valence-electron chi connectivity index (χ0n) is 11.7. The molecule has 2 N–H and O–H groups in total. The summed E-state index contributed by atoms with van der Waals surface area (Å²) in [7, 11) is 1.65. The molecule has 2 aromatic rings. The van der Waals surface area contributed by atoms with E-state index in [1.807, 2.05) is 43.3 Å². The standard InChI is InChI=1S/C16H18ClNO2/c1-11-3-5-15(19-2)13(7-11)10-20-16-6-4-12(9-18)8-14(16)17/h3-8H,9-10,18H2,1-2H3. The average molecular weight is 292 g/mol. The molecular weight excluding hydrogens is 274 g/mol. The van der Waals surface area contributed by atoms with Crippen molar-refractivity contribution >= 4 is 11.6 Å². The molecule has 0 atom stereocenters. The van der Waals surface area contributed by atoms with Gasteiger partial charge >= 0.3 is 0 Å². The molecule has 0 aliphatic rings. The lowest BCUT2D eigenvalue weighted by molar-refractivity contribution is 0.296. The van der Waals surface area contributed by atoms with Crippen LogP contribution in [0.2, 0.25) is 5.02 Å². The molecule has 0 bridgehead atoms. The minimum Gasteiger partial charge on any atom is -0.496 e. The minimum absolute atomic E-state index is 0.409. The van der Waals surface area contributed by atoms with Crippen LogP contribution in [0.15, 0.2) is 36.4 Å². The summed E-state index contributed by atoms with van der Waals surface area (Å²) < 4.78 is 11.1. The maximum absolute atomic E-state index is 6.17. The zero-order chi connectivity index (χ0) is 14.5. The van der Waals surface area contributed by atoms with Crippen LogP contribution in [0, 0.1) is 6.92 Å². The van der Waals surface area contributed by atoms with Gasteiger partial charge in [0.2, 0.25) is 0 Å². The first-order valence-electron chi connectivity index (χ1n) is 6.39. The highest BCUT2D eigenvalue weighted by Gasteiger charge is 2.07. The Bertz CT molecular complexity index is 599. The van der Waals surface area contributed by atoms with Gasteiger partial charge < -0.3 is 15.2 Å². The zero-order valence-corrected chi connectivity index (χ0v) is 12.4. The van der Waals surface area contributed by atoms with Crippen LogP contribution < -0.4 is 15.2 Å². The maximum Gasteiger partial charge on any atom is 0.138 e. The molecule has 0 saturated heterocycles. The second-order valence-corrected chi connectivity index (χ2v) is 4.98. The molecule has 0 aromatic heterocycles. The van der Waals surface area contributed by atoms with Crippen LogP contribution >= 0.6 is 11.6 Å². The van der Waals surface area contributed by atoms with Crippen molar-refractivity contribution in [2.75, 3.05) is 7.11 Å². The lowest BCUT2D eigenvalue weighted by atomic mass is 10.1. The largest absolute Gasteiger partial charge is 0.496 e. The van der Waals surface area contributed by atoms with Gasteiger partial charge in [-0.1, -0.05) is 29.3 Å². The Morgan fingerprint density at radius 1 is 1.10 bits per heavy atom. The van der Waals surface area contributed by atoms with Gasteiger partial charge in [0, 0.05) is 12.1 Å². The molecule has 0 aliphatic carbocycles. The first-order chi connectivity index (χ1) is 9.63. The summed E-state index contributed by atoms with van der Waals surface area (Å²) >= 11 is 6.17. The predicted molar refractivity (Wildman–Crippen MR) is 81.4 cm³/mol. The summed E-state index contributed by atoms with van der Waals surface area (Å²) in [6.07, 6.45) is 0. The first kappa shape index (κ1) is 14.7. The third kappa shape index (κ3) is 3.44. The van der Waals surface area contributed by atoms with E-state index in [-0.39, 0.29) is 0 Å². The van der Waals surface area contributed by atoms with Crippen LogP contribution in [0.1, 0.15) is 16.7 Å². The van der Waals surface area contributed by atoms with Crippen LogP contribution in [0.5, 0.6) is 11.5 Å². The second kappa shape index (κ2) is 6.64. The Balaban J connectivity index is 2.14. The molecule has 0 saturated carbocycles. The third-order valence-corrected chi connectivity index (χ3v) is 3.35. The van der Waals surface area contributed by atoms with E-state index >= 15 is 0 Å². The number of ether oxygens (including phenoxy) is 2. The summed E-state index contributed by atoms with van der Waals surface area (Å²) in [4.78, 5) is 0. The molecule has 2 aromatic carbocycles. The molecule has 0 spiro atoms. The van der Waals surface area contributed by atoms with Gasteiger partial charge in [-0.2, -0.15) is 0 Å². The van der Waals surface area contributed by atoms with Crippen molar-refractivity contribution in [1.29, 1.82) is 0 Å². The molecule has 20 heavy (non-hydrogen) atoms. The Morgan fingerprint density at radius 3 is 2.50 bits per heavy atom. The van der Waals surface area contributed by atoms with Gasteiger partial charge in [0.25, 0.3) is 0 Å². The highest BCUT2D eigenvalue weighted by atomic mass is 35.5. The molecule has 0 amide bonds. The van der Waals surface area contributed by atoms with E-state index in [4.69, 9.17) is 26.8 Å². The van der Waals surface area contributed by atoms with Crippen LogP contribution in [-0.2, 0) is 13.2 Å². The highest BCUT2D eigenvalue weighted by molar-refractivity contribution is 6.32. The van der Waals surface area contributed by atoms with E-state index in [9.17, 15) is 0 Å². The summed E-state index contributed by atoms with van der Waals surface area (Å²) in [6.45, 7) is 2.91. The fraction of sp³-hybridized carbons (Fsp3) is 0.250. The number of aryl methyl sites for hydroxylation is 1. The number of nitrogens with two attached hydrogens (primary N) is 1. The normalized spacial score (nSPS) is 10.4. The molecule has 2 rings (SSSR count). The fourth-order valence-corrected chi connectivity index (χ4v) is 2.22. The molecular formula is C16H18ClNO2. The smallest absolute Gasteiger partial charge is 0.138 e. The van der Waals surface area contributed by atoms with Gasteiger partial charge in [-0.15, -0.1) is 0 Å². The van der Waals surface area contributed by atoms with E-state index in [1.54, 1.807) is 7.11 Å². The van der Waals surface area contributed by atoms with Crippen molar-refractivity contribution in [2.45, 2.75) is 20.1 Å². The van der Waals surface area contributed by atoms with Gasteiger partial charge in [-0.05, 0) is 36.8 Å². The maximum atomic E-state index is 6.17. The van der Waals surface area contributed by atoms with Crippen LogP contribution in [-0.4, -0.2) is 7.11 Å². The third-order valence-electron chi connectivity index (χ3n) is 3.05. The Kier molecular flexibility index (Phi) is 4.88. The van der Waals surface area contributed by atoms with Gasteiger partial charge in [0.05, 0.1) is 12.1 Å². The number of halogens is 1. The predicted octanol–water partition coefficient (Wildman–Crippen LogP) is 3.69. The van der Waals surface area contributed by atoms with Crippen molar-refractivity contribution < 1.29 is 9.47 Å². The quantitative estimate of drug-likeness (QED) is 0.913. The highest BCUT2D eigenvalue weighted by Crippen LogP contribution is 2.28. The van der Waals surface area contributed by atoms with Crippen LogP contribution in [0.3, 0.4) is 0 Å². The molecule has 0 unspecified atom stereocenters. The minimum atomic E-state index is 0.409. The SMILES string of the molecule is COc1ccc(C)cc1COc1ccc(CN)cc1Cl. The average Bonchev–Trinajstić information content (AvgIpc) is 2.46. The van der Waals surface area contributed by atoms with Crippen molar-refractivity contribution in [2.24, 2.45) is 5.73 Å². The number of hydrogen-bond donors (Lipinski definition) is 1. The number of methoxy groups -OCH3 is 1. The molecule has 106 valence electrons. The lowest BCUT2D eigenvalue weighted by Crippen LogP contribution is -2.01. The topological polar surface area (TPSA) is 44.5 Å². The fourth-order valence-electron chi connectivity index (χ4n) is 1.96. The number of rotatable bonds is 5. The molecule has 3 nitrogen and oxygen atoms in total. The molecule has 4 heteroatoms. The van der Waals surface area contributed by atoms with E-state index in [1.165, 1.54) is 0 Å². The van der Waals surface area contributed by atoms with Gasteiger partial charge in [-0.3, -0.25) is 0 Å². The van der Waals surface area contributed by atoms with E-state index in [0.29, 0.717) is 23.9 Å². The van der Waals surface area contributed by atoms with Crippen LogP contribution in [0.25, 0.3) is 0 Å². The molecule has 0 radical (unpaired) electrons. The van der Waals surface area contributed by atoms with E-state index in [2.05, 4.69) is 0 Å². The lowest BCUT2D eigenvalue weighted by Gasteiger charge is -2.12. The first-order valence-corrected chi connectivity index (χ1v) is 6.76. The van der Waals surface area contributed by atoms with Crippen molar-refractivity contribution in [3.05, 3.63) is 58.1 Å². The summed E-state index contributed by atoms with van der Waals surface area (Å²) in [5.74, 6) is 1.46. The van der Waals surface area contributed by atoms with Crippen LogP contribution in [0.4, 0.5) is 0 Å².